The molecule has 3 fully saturated rings. The zero-order valence-electron chi connectivity index (χ0n) is 12.6. The predicted octanol–water partition coefficient (Wildman–Crippen LogP) is 3.31. The Labute approximate surface area is 116 Å². The van der Waals surface area contributed by atoms with E-state index in [1.54, 1.807) is 0 Å². The van der Waals surface area contributed by atoms with Gasteiger partial charge in [-0.15, -0.1) is 0 Å². The number of carbonyl (C=O) groups is 1. The summed E-state index contributed by atoms with van der Waals surface area (Å²) in [5.74, 6) is 0.581. The van der Waals surface area contributed by atoms with Gasteiger partial charge in [-0.3, -0.25) is 0 Å². The molecule has 1 saturated heterocycles. The quantitative estimate of drug-likeness (QED) is 0.719. The molecule has 2 aliphatic carbocycles. The summed E-state index contributed by atoms with van der Waals surface area (Å²) >= 11 is 0. The van der Waals surface area contributed by atoms with Crippen LogP contribution in [0.2, 0.25) is 0 Å². The second-order valence-corrected chi connectivity index (χ2v) is 7.55. The first kappa shape index (κ1) is 13.4. The van der Waals surface area contributed by atoms with Crippen LogP contribution in [0.3, 0.4) is 0 Å². The molecular formula is C16H26O3. The number of rotatable bonds is 2. The molecule has 5 unspecified atom stereocenters. The van der Waals surface area contributed by atoms with Gasteiger partial charge in [0.2, 0.25) is 0 Å². The van der Waals surface area contributed by atoms with Crippen LogP contribution in [0.15, 0.2) is 0 Å². The molecule has 3 nitrogen and oxygen atoms in total. The minimum Gasteiger partial charge on any atom is -0.460 e. The van der Waals surface area contributed by atoms with Crippen molar-refractivity contribution in [2.24, 2.45) is 16.7 Å². The molecule has 1 aliphatic heterocycles. The molecule has 0 amide bonds. The molecule has 0 spiro atoms. The normalized spacial score (nSPS) is 47.6. The maximum Gasteiger partial charge on any atom is 0.335 e. The Morgan fingerprint density at radius 1 is 1.21 bits per heavy atom. The van der Waals surface area contributed by atoms with Crippen molar-refractivity contribution < 1.29 is 14.3 Å². The smallest absolute Gasteiger partial charge is 0.335 e. The average Bonchev–Trinajstić information content (AvgIpc) is 2.91. The lowest BCUT2D eigenvalue weighted by atomic mass is 9.70. The van der Waals surface area contributed by atoms with Crippen molar-refractivity contribution in [3.05, 3.63) is 0 Å². The third kappa shape index (κ3) is 1.84. The van der Waals surface area contributed by atoms with Crippen molar-refractivity contribution in [1.29, 1.82) is 0 Å². The number of hydrogen-bond acceptors (Lipinski definition) is 3. The Morgan fingerprint density at radius 2 is 1.95 bits per heavy atom. The number of fused-ring (bicyclic) bond motifs is 2. The summed E-state index contributed by atoms with van der Waals surface area (Å²) in [5, 5.41) is 0. The molecule has 0 aromatic rings. The summed E-state index contributed by atoms with van der Waals surface area (Å²) in [5.41, 5.74) is 0.444. The maximum atomic E-state index is 12.2. The van der Waals surface area contributed by atoms with E-state index < -0.39 is 0 Å². The SMILES string of the molecule is CC1CCC(C(=O)OC2CC3CCC2(C)C3(C)C)O1. The van der Waals surface area contributed by atoms with Crippen molar-refractivity contribution in [2.45, 2.75) is 78.1 Å². The van der Waals surface area contributed by atoms with Gasteiger partial charge in [0, 0.05) is 5.41 Å². The largest absolute Gasteiger partial charge is 0.460 e. The first-order valence-electron chi connectivity index (χ1n) is 7.70. The molecule has 19 heavy (non-hydrogen) atoms. The molecule has 2 bridgehead atoms. The van der Waals surface area contributed by atoms with Gasteiger partial charge in [0.25, 0.3) is 0 Å². The zero-order chi connectivity index (χ0) is 13.8. The molecule has 3 aliphatic rings. The van der Waals surface area contributed by atoms with Crippen LogP contribution >= 0.6 is 0 Å². The molecule has 0 radical (unpaired) electrons. The van der Waals surface area contributed by atoms with Crippen LogP contribution < -0.4 is 0 Å². The third-order valence-electron chi connectivity index (χ3n) is 6.47. The van der Waals surface area contributed by atoms with E-state index >= 15 is 0 Å². The lowest BCUT2D eigenvalue weighted by molar-refractivity contribution is -0.169. The molecule has 5 atom stereocenters. The molecule has 0 aromatic carbocycles. The molecule has 1 heterocycles. The monoisotopic (exact) mass is 266 g/mol. The lowest BCUT2D eigenvalue weighted by Crippen LogP contribution is -2.40. The van der Waals surface area contributed by atoms with Crippen LogP contribution in [-0.4, -0.2) is 24.3 Å². The number of hydrogen-bond donors (Lipinski definition) is 0. The van der Waals surface area contributed by atoms with E-state index in [9.17, 15) is 4.79 Å². The fraction of sp³-hybridized carbons (Fsp3) is 0.938. The second kappa shape index (κ2) is 4.21. The van der Waals surface area contributed by atoms with Gasteiger partial charge in [-0.25, -0.2) is 4.79 Å². The highest BCUT2D eigenvalue weighted by atomic mass is 16.6. The summed E-state index contributed by atoms with van der Waals surface area (Å²) in [4.78, 5) is 12.2. The van der Waals surface area contributed by atoms with Crippen LogP contribution in [0.5, 0.6) is 0 Å². The summed E-state index contributed by atoms with van der Waals surface area (Å²) in [6.45, 7) is 9.00. The topological polar surface area (TPSA) is 35.5 Å². The molecule has 0 N–H and O–H groups in total. The number of carbonyl (C=O) groups excluding carboxylic acids is 1. The van der Waals surface area contributed by atoms with Gasteiger partial charge in [0.05, 0.1) is 6.10 Å². The van der Waals surface area contributed by atoms with Crippen LogP contribution in [0.25, 0.3) is 0 Å². The van der Waals surface area contributed by atoms with E-state index in [1.165, 1.54) is 12.8 Å². The highest BCUT2D eigenvalue weighted by Crippen LogP contribution is 2.66. The average molecular weight is 266 g/mol. The van der Waals surface area contributed by atoms with Crippen molar-refractivity contribution in [2.75, 3.05) is 0 Å². The van der Waals surface area contributed by atoms with Gasteiger partial charge in [-0.05, 0) is 50.4 Å². The van der Waals surface area contributed by atoms with Crippen LogP contribution in [-0.2, 0) is 14.3 Å². The Morgan fingerprint density at radius 3 is 2.42 bits per heavy atom. The first-order chi connectivity index (χ1) is 8.84. The van der Waals surface area contributed by atoms with Gasteiger partial charge < -0.3 is 9.47 Å². The first-order valence-corrected chi connectivity index (χ1v) is 7.70. The lowest BCUT2D eigenvalue weighted by Gasteiger charge is -2.38. The van der Waals surface area contributed by atoms with Crippen molar-refractivity contribution in [1.82, 2.24) is 0 Å². The minimum absolute atomic E-state index is 0.0910. The standard InChI is InChI=1S/C16H26O3/c1-10-5-6-12(18-10)14(17)19-13-9-11-7-8-16(13,4)15(11,2)3/h10-13H,5-9H2,1-4H3. The highest BCUT2D eigenvalue weighted by Gasteiger charge is 2.63. The van der Waals surface area contributed by atoms with E-state index in [0.29, 0.717) is 11.3 Å². The van der Waals surface area contributed by atoms with E-state index in [-0.39, 0.29) is 29.7 Å². The van der Waals surface area contributed by atoms with Crippen LogP contribution in [0.1, 0.15) is 59.8 Å². The van der Waals surface area contributed by atoms with Crippen molar-refractivity contribution >= 4 is 5.97 Å². The van der Waals surface area contributed by atoms with Crippen molar-refractivity contribution in [3.63, 3.8) is 0 Å². The third-order valence-corrected chi connectivity index (χ3v) is 6.47. The summed E-state index contributed by atoms with van der Waals surface area (Å²) in [7, 11) is 0. The van der Waals surface area contributed by atoms with Gasteiger partial charge in [0.15, 0.2) is 6.10 Å². The second-order valence-electron chi connectivity index (χ2n) is 7.55. The Hall–Kier alpha value is -0.570. The summed E-state index contributed by atoms with van der Waals surface area (Å²) in [6.07, 6.45) is 5.27. The number of ether oxygens (including phenoxy) is 2. The fourth-order valence-electron chi connectivity index (χ4n) is 4.50. The molecule has 3 heteroatoms. The van der Waals surface area contributed by atoms with Crippen molar-refractivity contribution in [3.8, 4) is 0 Å². The molecule has 108 valence electrons. The van der Waals surface area contributed by atoms with E-state index in [0.717, 1.165) is 19.3 Å². The highest BCUT2D eigenvalue weighted by molar-refractivity contribution is 5.75. The fourth-order valence-corrected chi connectivity index (χ4v) is 4.50. The van der Waals surface area contributed by atoms with E-state index in [1.807, 2.05) is 6.92 Å². The maximum absolute atomic E-state index is 12.2. The Bertz CT molecular complexity index is 389. The van der Waals surface area contributed by atoms with Gasteiger partial charge in [-0.2, -0.15) is 0 Å². The van der Waals surface area contributed by atoms with Gasteiger partial charge in [-0.1, -0.05) is 20.8 Å². The Kier molecular flexibility index (Phi) is 2.97. The summed E-state index contributed by atoms with van der Waals surface area (Å²) in [6, 6.07) is 0. The Balaban J connectivity index is 1.67. The van der Waals surface area contributed by atoms with Crippen LogP contribution in [0, 0.1) is 16.7 Å². The molecule has 0 aromatic heterocycles. The summed E-state index contributed by atoms with van der Waals surface area (Å²) < 4.78 is 11.5. The molecular weight excluding hydrogens is 240 g/mol. The predicted molar refractivity (Wildman–Crippen MR) is 72.7 cm³/mol. The zero-order valence-corrected chi connectivity index (χ0v) is 12.6. The number of esters is 1. The van der Waals surface area contributed by atoms with E-state index in [2.05, 4.69) is 20.8 Å². The van der Waals surface area contributed by atoms with Gasteiger partial charge in [0.1, 0.15) is 6.10 Å². The molecule has 3 rings (SSSR count). The van der Waals surface area contributed by atoms with Gasteiger partial charge >= 0.3 is 5.97 Å². The minimum atomic E-state index is -0.319. The molecule has 2 saturated carbocycles. The van der Waals surface area contributed by atoms with E-state index in [4.69, 9.17) is 9.47 Å². The van der Waals surface area contributed by atoms with Crippen LogP contribution in [0.4, 0.5) is 0 Å².